The summed E-state index contributed by atoms with van der Waals surface area (Å²) in [4.78, 5) is 13.4. The molecule has 3 heteroatoms. The molecule has 0 bridgehead atoms. The van der Waals surface area contributed by atoms with Crippen molar-refractivity contribution in [2.45, 2.75) is 47.7 Å². The van der Waals surface area contributed by atoms with E-state index in [9.17, 15) is 4.79 Å². The van der Waals surface area contributed by atoms with Crippen LogP contribution in [-0.4, -0.2) is 17.8 Å². The lowest BCUT2D eigenvalue weighted by Crippen LogP contribution is -2.42. The van der Waals surface area contributed by atoms with Crippen molar-refractivity contribution in [1.82, 2.24) is 0 Å². The number of esters is 1. The number of benzene rings is 2. The molecule has 2 aromatic carbocycles. The molecule has 0 aliphatic heterocycles. The van der Waals surface area contributed by atoms with Gasteiger partial charge in [-0.15, -0.1) is 11.8 Å². The largest absolute Gasteiger partial charge is 0.468 e. The predicted octanol–water partition coefficient (Wildman–Crippen LogP) is 5.42. The predicted molar refractivity (Wildman–Crippen MR) is 98.3 cm³/mol. The molecule has 2 aliphatic carbocycles. The van der Waals surface area contributed by atoms with Crippen molar-refractivity contribution in [3.63, 3.8) is 0 Å². The number of hydrogen-bond acceptors (Lipinski definition) is 3. The van der Waals surface area contributed by atoms with Gasteiger partial charge in [0.15, 0.2) is 0 Å². The van der Waals surface area contributed by atoms with E-state index in [1.165, 1.54) is 41.5 Å². The maximum Gasteiger partial charge on any atom is 0.322 e. The molecule has 2 aromatic rings. The normalized spacial score (nSPS) is 18.7. The molecule has 0 amide bonds. The summed E-state index contributed by atoms with van der Waals surface area (Å²) < 4.78 is 4.67. The third-order valence-electron chi connectivity index (χ3n) is 5.18. The molecular weight excluding hydrogens is 316 g/mol. The van der Waals surface area contributed by atoms with Crippen molar-refractivity contribution in [2.24, 2.45) is 0 Å². The summed E-state index contributed by atoms with van der Waals surface area (Å²) in [6.45, 7) is 0. The van der Waals surface area contributed by atoms with Crippen LogP contribution in [0.1, 0.15) is 43.6 Å². The van der Waals surface area contributed by atoms with Gasteiger partial charge in [0.2, 0.25) is 0 Å². The monoisotopic (exact) mass is 338 g/mol. The summed E-state index contributed by atoms with van der Waals surface area (Å²) in [5.41, 5.74) is 3.88. The van der Waals surface area contributed by atoms with Crippen LogP contribution >= 0.6 is 11.8 Å². The van der Waals surface area contributed by atoms with Gasteiger partial charge in [0.05, 0.1) is 7.11 Å². The van der Waals surface area contributed by atoms with Gasteiger partial charge < -0.3 is 4.74 Å². The van der Waals surface area contributed by atoms with Crippen molar-refractivity contribution < 1.29 is 9.53 Å². The van der Waals surface area contributed by atoms with Crippen LogP contribution in [0.15, 0.2) is 53.4 Å². The van der Waals surface area contributed by atoms with Gasteiger partial charge in [-0.05, 0) is 60.8 Å². The summed E-state index contributed by atoms with van der Waals surface area (Å²) in [5.74, 6) is 0.693. The smallest absolute Gasteiger partial charge is 0.322 e. The van der Waals surface area contributed by atoms with Crippen molar-refractivity contribution >= 4 is 17.7 Å². The number of thioether (sulfide) groups is 1. The summed E-state index contributed by atoms with van der Waals surface area (Å²) in [6.07, 6.45) is 5.56. The zero-order valence-electron chi connectivity index (χ0n) is 14.0. The third kappa shape index (κ3) is 2.86. The standard InChI is InChI=1S/C21H22O2S/c1-23-20(22)21(13-4-14-21)24-19-6-3-2-5-18(19)17-11-9-16(10-12-17)15-7-8-15/h2-3,5-6,9-12,15H,4,7-8,13-14H2,1H3. The number of ether oxygens (including phenoxy) is 1. The van der Waals surface area contributed by atoms with E-state index < -0.39 is 4.75 Å². The van der Waals surface area contributed by atoms with Gasteiger partial charge in [0, 0.05) is 4.90 Å². The Labute approximate surface area is 147 Å². The molecule has 0 unspecified atom stereocenters. The van der Waals surface area contributed by atoms with E-state index in [1.54, 1.807) is 11.8 Å². The minimum Gasteiger partial charge on any atom is -0.468 e. The van der Waals surface area contributed by atoms with E-state index in [-0.39, 0.29) is 5.97 Å². The van der Waals surface area contributed by atoms with Gasteiger partial charge in [-0.3, -0.25) is 4.79 Å². The van der Waals surface area contributed by atoms with Crippen molar-refractivity contribution in [1.29, 1.82) is 0 Å². The van der Waals surface area contributed by atoms with Crippen LogP contribution in [0.25, 0.3) is 11.1 Å². The molecular formula is C21H22O2S. The Hall–Kier alpha value is -1.74. The highest BCUT2D eigenvalue weighted by atomic mass is 32.2. The van der Waals surface area contributed by atoms with E-state index in [1.807, 2.05) is 6.07 Å². The van der Waals surface area contributed by atoms with Crippen molar-refractivity contribution in [2.75, 3.05) is 7.11 Å². The average Bonchev–Trinajstić information content (AvgIpc) is 3.43. The molecule has 0 N–H and O–H groups in total. The van der Waals surface area contributed by atoms with Crippen LogP contribution in [0, 0.1) is 0 Å². The van der Waals surface area contributed by atoms with E-state index in [2.05, 4.69) is 42.5 Å². The molecule has 0 heterocycles. The number of hydrogen-bond donors (Lipinski definition) is 0. The fraction of sp³-hybridized carbons (Fsp3) is 0.381. The first-order valence-electron chi connectivity index (χ1n) is 8.69. The van der Waals surface area contributed by atoms with Crippen LogP contribution in [-0.2, 0) is 9.53 Å². The van der Waals surface area contributed by atoms with Gasteiger partial charge in [0.25, 0.3) is 0 Å². The molecule has 0 atom stereocenters. The molecule has 0 radical (unpaired) electrons. The highest BCUT2D eigenvalue weighted by molar-refractivity contribution is 8.01. The van der Waals surface area contributed by atoms with Crippen molar-refractivity contribution in [3.05, 3.63) is 54.1 Å². The lowest BCUT2D eigenvalue weighted by molar-refractivity contribution is -0.145. The van der Waals surface area contributed by atoms with Crippen molar-refractivity contribution in [3.8, 4) is 11.1 Å². The zero-order chi connectivity index (χ0) is 16.6. The van der Waals surface area contributed by atoms with Gasteiger partial charge in [0.1, 0.15) is 4.75 Å². The quantitative estimate of drug-likeness (QED) is 0.681. The number of carbonyl (C=O) groups is 1. The first kappa shape index (κ1) is 15.8. The molecule has 24 heavy (non-hydrogen) atoms. The summed E-state index contributed by atoms with van der Waals surface area (Å²) in [5, 5.41) is 0. The summed E-state index contributed by atoms with van der Waals surface area (Å²) in [6, 6.07) is 17.3. The van der Waals surface area contributed by atoms with E-state index >= 15 is 0 Å². The van der Waals surface area contributed by atoms with E-state index in [4.69, 9.17) is 4.74 Å². The highest BCUT2D eigenvalue weighted by Gasteiger charge is 2.46. The van der Waals surface area contributed by atoms with Crippen LogP contribution in [0.2, 0.25) is 0 Å². The van der Waals surface area contributed by atoms with E-state index in [0.717, 1.165) is 25.2 Å². The fourth-order valence-corrected chi connectivity index (χ4v) is 4.91. The molecule has 2 nitrogen and oxygen atoms in total. The number of carbonyl (C=O) groups excluding carboxylic acids is 1. The van der Waals surface area contributed by atoms with Crippen LogP contribution in [0.5, 0.6) is 0 Å². The van der Waals surface area contributed by atoms with Crippen LogP contribution < -0.4 is 0 Å². The molecule has 2 aliphatic rings. The average molecular weight is 338 g/mol. The summed E-state index contributed by atoms with van der Waals surface area (Å²) in [7, 11) is 1.49. The van der Waals surface area contributed by atoms with E-state index in [0.29, 0.717) is 0 Å². The summed E-state index contributed by atoms with van der Waals surface area (Å²) >= 11 is 1.68. The Morgan fingerprint density at radius 1 is 1.08 bits per heavy atom. The molecule has 124 valence electrons. The van der Waals surface area contributed by atoms with Gasteiger partial charge in [-0.2, -0.15) is 0 Å². The topological polar surface area (TPSA) is 26.3 Å². The van der Waals surface area contributed by atoms with Crippen LogP contribution in [0.4, 0.5) is 0 Å². The third-order valence-corrected chi connectivity index (χ3v) is 6.72. The maximum atomic E-state index is 12.3. The minimum atomic E-state index is -0.390. The molecule has 0 aromatic heterocycles. The maximum absolute atomic E-state index is 12.3. The number of methoxy groups -OCH3 is 1. The molecule has 4 rings (SSSR count). The lowest BCUT2D eigenvalue weighted by Gasteiger charge is -2.38. The lowest BCUT2D eigenvalue weighted by atomic mass is 9.84. The Kier molecular flexibility index (Phi) is 4.13. The highest BCUT2D eigenvalue weighted by Crippen LogP contribution is 2.50. The molecule has 2 fully saturated rings. The SMILES string of the molecule is COC(=O)C1(Sc2ccccc2-c2ccc(C3CC3)cc2)CCC1. The second-order valence-electron chi connectivity index (χ2n) is 6.83. The molecule has 0 saturated heterocycles. The second-order valence-corrected chi connectivity index (χ2v) is 8.26. The Balaban J connectivity index is 1.63. The van der Waals surface area contributed by atoms with Gasteiger partial charge in [-0.25, -0.2) is 0 Å². The Bertz CT molecular complexity index is 743. The second kappa shape index (κ2) is 6.29. The number of rotatable bonds is 5. The first-order valence-corrected chi connectivity index (χ1v) is 9.50. The van der Waals surface area contributed by atoms with Gasteiger partial charge >= 0.3 is 5.97 Å². The Morgan fingerprint density at radius 2 is 1.79 bits per heavy atom. The van der Waals surface area contributed by atoms with Crippen LogP contribution in [0.3, 0.4) is 0 Å². The fourth-order valence-electron chi connectivity index (χ4n) is 3.39. The molecule has 2 saturated carbocycles. The Morgan fingerprint density at radius 3 is 2.38 bits per heavy atom. The zero-order valence-corrected chi connectivity index (χ0v) is 14.8. The molecule has 0 spiro atoms. The minimum absolute atomic E-state index is 0.0855. The first-order chi connectivity index (χ1) is 11.7. The van der Waals surface area contributed by atoms with Gasteiger partial charge in [-0.1, -0.05) is 42.5 Å².